The van der Waals surface area contributed by atoms with E-state index in [2.05, 4.69) is 17.1 Å². The Bertz CT molecular complexity index is 278. The molecule has 3 unspecified atom stereocenters. The van der Waals surface area contributed by atoms with Crippen LogP contribution in [0.4, 0.5) is 0 Å². The van der Waals surface area contributed by atoms with Crippen molar-refractivity contribution in [3.05, 3.63) is 0 Å². The molecular weight excluding hydrogens is 236 g/mol. The largest absolute Gasteiger partial charge is 0.374 e. The number of nitrogens with one attached hydrogen (secondary N) is 1. The molecule has 3 fully saturated rings. The first-order valence-corrected chi connectivity index (χ1v) is 8.42. The quantitative estimate of drug-likeness (QED) is 0.845. The lowest BCUT2D eigenvalue weighted by Crippen LogP contribution is -2.51. The van der Waals surface area contributed by atoms with E-state index >= 15 is 0 Å². The van der Waals surface area contributed by atoms with Gasteiger partial charge in [-0.25, -0.2) is 0 Å². The summed E-state index contributed by atoms with van der Waals surface area (Å²) < 4.78 is 6.03. The SMILES string of the molecule is CC(NCC1CN2CCCC2CO1)C1CCCCC1. The molecule has 110 valence electrons. The molecule has 0 radical (unpaired) electrons. The fourth-order valence-electron chi connectivity index (χ4n) is 4.13. The highest BCUT2D eigenvalue weighted by molar-refractivity contribution is 4.86. The van der Waals surface area contributed by atoms with E-state index in [1.165, 1.54) is 51.5 Å². The minimum atomic E-state index is 0.417. The predicted octanol–water partition coefficient (Wildman–Crippen LogP) is 2.41. The summed E-state index contributed by atoms with van der Waals surface area (Å²) in [6.45, 7) is 6.82. The minimum Gasteiger partial charge on any atom is -0.374 e. The van der Waals surface area contributed by atoms with Gasteiger partial charge < -0.3 is 10.1 Å². The highest BCUT2D eigenvalue weighted by Gasteiger charge is 2.32. The van der Waals surface area contributed by atoms with E-state index in [1.807, 2.05) is 0 Å². The highest BCUT2D eigenvalue weighted by Crippen LogP contribution is 2.26. The van der Waals surface area contributed by atoms with Gasteiger partial charge in [0, 0.05) is 25.2 Å². The van der Waals surface area contributed by atoms with E-state index in [9.17, 15) is 0 Å². The smallest absolute Gasteiger partial charge is 0.0827 e. The van der Waals surface area contributed by atoms with Crippen LogP contribution in [0.5, 0.6) is 0 Å². The molecule has 0 aromatic heterocycles. The van der Waals surface area contributed by atoms with Crippen LogP contribution in [-0.2, 0) is 4.74 Å². The van der Waals surface area contributed by atoms with E-state index < -0.39 is 0 Å². The summed E-state index contributed by atoms with van der Waals surface area (Å²) in [7, 11) is 0. The van der Waals surface area contributed by atoms with Crippen LogP contribution in [0.3, 0.4) is 0 Å². The number of morpholine rings is 1. The summed E-state index contributed by atoms with van der Waals surface area (Å²) in [5.41, 5.74) is 0. The number of hydrogen-bond acceptors (Lipinski definition) is 3. The summed E-state index contributed by atoms with van der Waals surface area (Å²) in [6, 6.07) is 1.40. The second-order valence-corrected chi connectivity index (χ2v) is 6.84. The van der Waals surface area contributed by atoms with Crippen LogP contribution in [-0.4, -0.2) is 49.3 Å². The van der Waals surface area contributed by atoms with Gasteiger partial charge in [0.2, 0.25) is 0 Å². The maximum absolute atomic E-state index is 6.03. The number of nitrogens with zero attached hydrogens (tertiary/aromatic N) is 1. The molecule has 1 N–H and O–H groups in total. The number of hydrogen-bond donors (Lipinski definition) is 1. The van der Waals surface area contributed by atoms with Gasteiger partial charge in [-0.2, -0.15) is 0 Å². The zero-order valence-electron chi connectivity index (χ0n) is 12.4. The van der Waals surface area contributed by atoms with Crippen LogP contribution in [0, 0.1) is 5.92 Å². The molecule has 2 saturated heterocycles. The van der Waals surface area contributed by atoms with Crippen LogP contribution >= 0.6 is 0 Å². The second-order valence-electron chi connectivity index (χ2n) is 6.84. The first-order chi connectivity index (χ1) is 9.33. The lowest BCUT2D eigenvalue weighted by atomic mass is 9.84. The summed E-state index contributed by atoms with van der Waals surface area (Å²) in [5.74, 6) is 0.900. The first kappa shape index (κ1) is 13.8. The van der Waals surface area contributed by atoms with Crippen LogP contribution < -0.4 is 5.32 Å². The van der Waals surface area contributed by atoms with Gasteiger partial charge in [-0.05, 0) is 45.1 Å². The predicted molar refractivity (Wildman–Crippen MR) is 78.4 cm³/mol. The molecule has 3 atom stereocenters. The molecule has 3 rings (SSSR count). The fraction of sp³-hybridized carbons (Fsp3) is 1.00. The van der Waals surface area contributed by atoms with Crippen molar-refractivity contribution < 1.29 is 4.74 Å². The van der Waals surface area contributed by atoms with Crippen LogP contribution in [0.25, 0.3) is 0 Å². The molecule has 1 saturated carbocycles. The Morgan fingerprint density at radius 3 is 2.84 bits per heavy atom. The Hall–Kier alpha value is -0.120. The van der Waals surface area contributed by atoms with E-state index in [-0.39, 0.29) is 0 Å². The van der Waals surface area contributed by atoms with E-state index in [0.29, 0.717) is 12.1 Å². The second kappa shape index (κ2) is 6.55. The van der Waals surface area contributed by atoms with Crippen molar-refractivity contribution in [2.24, 2.45) is 5.92 Å². The van der Waals surface area contributed by atoms with Gasteiger partial charge >= 0.3 is 0 Å². The monoisotopic (exact) mass is 266 g/mol. The Morgan fingerprint density at radius 1 is 1.16 bits per heavy atom. The molecule has 3 heteroatoms. The fourth-order valence-corrected chi connectivity index (χ4v) is 4.13. The van der Waals surface area contributed by atoms with Gasteiger partial charge in [0.05, 0.1) is 12.7 Å². The van der Waals surface area contributed by atoms with Gasteiger partial charge in [0.25, 0.3) is 0 Å². The van der Waals surface area contributed by atoms with Gasteiger partial charge in [0.15, 0.2) is 0 Å². The van der Waals surface area contributed by atoms with Crippen LogP contribution in [0.2, 0.25) is 0 Å². The van der Waals surface area contributed by atoms with E-state index in [4.69, 9.17) is 4.74 Å². The standard InChI is InChI=1S/C16H30N2O/c1-13(14-6-3-2-4-7-14)17-10-16-11-18-9-5-8-15(18)12-19-16/h13-17H,2-12H2,1H3. The molecule has 19 heavy (non-hydrogen) atoms. The third-order valence-corrected chi connectivity index (χ3v) is 5.49. The molecule has 2 heterocycles. The first-order valence-electron chi connectivity index (χ1n) is 8.42. The highest BCUT2D eigenvalue weighted by atomic mass is 16.5. The lowest BCUT2D eigenvalue weighted by molar-refractivity contribution is -0.0484. The normalized spacial score (nSPS) is 35.2. The third kappa shape index (κ3) is 3.50. The number of rotatable bonds is 4. The zero-order valence-corrected chi connectivity index (χ0v) is 12.4. The molecule has 0 amide bonds. The molecule has 2 aliphatic heterocycles. The van der Waals surface area contributed by atoms with Gasteiger partial charge in [0.1, 0.15) is 0 Å². The molecule has 0 bridgehead atoms. The van der Waals surface area contributed by atoms with Crippen molar-refractivity contribution in [2.45, 2.75) is 70.1 Å². The Kier molecular flexibility index (Phi) is 4.78. The van der Waals surface area contributed by atoms with Crippen molar-refractivity contribution >= 4 is 0 Å². The molecule has 3 aliphatic rings. The summed E-state index contributed by atoms with van der Waals surface area (Å²) in [5, 5.41) is 3.75. The van der Waals surface area contributed by atoms with Gasteiger partial charge in [-0.1, -0.05) is 19.3 Å². The van der Waals surface area contributed by atoms with Crippen molar-refractivity contribution in [1.29, 1.82) is 0 Å². The number of ether oxygens (including phenoxy) is 1. The van der Waals surface area contributed by atoms with Crippen molar-refractivity contribution in [3.63, 3.8) is 0 Å². The van der Waals surface area contributed by atoms with Crippen molar-refractivity contribution in [1.82, 2.24) is 10.2 Å². The van der Waals surface area contributed by atoms with Crippen molar-refractivity contribution in [3.8, 4) is 0 Å². The zero-order chi connectivity index (χ0) is 13.1. The maximum Gasteiger partial charge on any atom is 0.0827 e. The minimum absolute atomic E-state index is 0.417. The van der Waals surface area contributed by atoms with Crippen LogP contribution in [0.15, 0.2) is 0 Å². The topological polar surface area (TPSA) is 24.5 Å². The lowest BCUT2D eigenvalue weighted by Gasteiger charge is -2.36. The average Bonchev–Trinajstić information content (AvgIpc) is 2.93. The third-order valence-electron chi connectivity index (χ3n) is 5.49. The van der Waals surface area contributed by atoms with Gasteiger partial charge in [-0.3, -0.25) is 4.90 Å². The average molecular weight is 266 g/mol. The maximum atomic E-state index is 6.03. The number of fused-ring (bicyclic) bond motifs is 1. The summed E-state index contributed by atoms with van der Waals surface area (Å²) in [6.07, 6.45) is 10.3. The molecule has 0 aromatic rings. The Morgan fingerprint density at radius 2 is 2.00 bits per heavy atom. The van der Waals surface area contributed by atoms with Crippen molar-refractivity contribution in [2.75, 3.05) is 26.2 Å². The Labute approximate surface area is 118 Å². The molecular formula is C16H30N2O. The van der Waals surface area contributed by atoms with Crippen LogP contribution in [0.1, 0.15) is 51.9 Å². The summed E-state index contributed by atoms with van der Waals surface area (Å²) in [4.78, 5) is 2.64. The van der Waals surface area contributed by atoms with E-state index in [0.717, 1.165) is 31.7 Å². The molecule has 3 nitrogen and oxygen atoms in total. The van der Waals surface area contributed by atoms with E-state index in [1.54, 1.807) is 0 Å². The molecule has 0 aromatic carbocycles. The molecule has 1 aliphatic carbocycles. The summed E-state index contributed by atoms with van der Waals surface area (Å²) >= 11 is 0. The molecule has 0 spiro atoms. The Balaban J connectivity index is 1.39. The van der Waals surface area contributed by atoms with Gasteiger partial charge in [-0.15, -0.1) is 0 Å².